The maximum atomic E-state index is 11.7. The molecule has 0 saturated carbocycles. The van der Waals surface area contributed by atoms with Crippen molar-refractivity contribution >= 4 is 32.4 Å². The van der Waals surface area contributed by atoms with Gasteiger partial charge in [0.05, 0.1) is 18.9 Å². The van der Waals surface area contributed by atoms with Crippen molar-refractivity contribution in [2.75, 3.05) is 23.4 Å². The number of hydrogen-bond donors (Lipinski definition) is 2. The molecule has 32 heavy (non-hydrogen) atoms. The van der Waals surface area contributed by atoms with E-state index in [4.69, 9.17) is 4.74 Å². The second-order valence-corrected chi connectivity index (χ2v) is 9.13. The standard InChI is InChI=1S/C23H23N5O3S/c1-15(16-7-5-4-6-8-16)27-22-19-11-17(9-10-20(19)25-14-26-22)18-12-21(28-32(3,29)30)23(31-2)24-13-18/h4-15,28H,1-3H3,(H,25,26,27). The Bertz CT molecular complexity index is 1360. The van der Waals surface area contributed by atoms with Crippen molar-refractivity contribution in [2.24, 2.45) is 0 Å². The van der Waals surface area contributed by atoms with Crippen molar-refractivity contribution < 1.29 is 13.2 Å². The molecule has 2 N–H and O–H groups in total. The summed E-state index contributed by atoms with van der Waals surface area (Å²) in [6.07, 6.45) is 4.25. The van der Waals surface area contributed by atoms with Crippen LogP contribution in [0.25, 0.3) is 22.0 Å². The zero-order valence-electron chi connectivity index (χ0n) is 17.9. The number of sulfonamides is 1. The average Bonchev–Trinajstić information content (AvgIpc) is 2.78. The van der Waals surface area contributed by atoms with E-state index >= 15 is 0 Å². The van der Waals surface area contributed by atoms with Gasteiger partial charge in [-0.1, -0.05) is 36.4 Å². The van der Waals surface area contributed by atoms with Gasteiger partial charge in [0, 0.05) is 23.2 Å². The number of aromatic nitrogens is 3. The molecule has 4 aromatic rings. The van der Waals surface area contributed by atoms with Crippen LogP contribution in [0.3, 0.4) is 0 Å². The number of hydrogen-bond acceptors (Lipinski definition) is 7. The molecule has 0 fully saturated rings. The summed E-state index contributed by atoms with van der Waals surface area (Å²) in [6, 6.07) is 17.6. The molecule has 0 amide bonds. The first-order valence-corrected chi connectivity index (χ1v) is 11.8. The summed E-state index contributed by atoms with van der Waals surface area (Å²) in [5.74, 6) is 0.909. The molecule has 2 aromatic heterocycles. The minimum absolute atomic E-state index is 0.0474. The summed E-state index contributed by atoms with van der Waals surface area (Å²) < 4.78 is 31.1. The van der Waals surface area contributed by atoms with Crippen molar-refractivity contribution in [3.63, 3.8) is 0 Å². The van der Waals surface area contributed by atoms with E-state index in [2.05, 4.69) is 44.0 Å². The van der Waals surface area contributed by atoms with Crippen LogP contribution in [-0.4, -0.2) is 36.7 Å². The lowest BCUT2D eigenvalue weighted by atomic mass is 10.0. The summed E-state index contributed by atoms with van der Waals surface area (Å²) >= 11 is 0. The molecule has 8 nitrogen and oxygen atoms in total. The third-order valence-electron chi connectivity index (χ3n) is 4.96. The quantitative estimate of drug-likeness (QED) is 0.434. The van der Waals surface area contributed by atoms with Crippen LogP contribution in [0.5, 0.6) is 5.88 Å². The smallest absolute Gasteiger partial charge is 0.238 e. The maximum Gasteiger partial charge on any atom is 0.238 e. The summed E-state index contributed by atoms with van der Waals surface area (Å²) in [7, 11) is -2.05. The highest BCUT2D eigenvalue weighted by atomic mass is 32.2. The van der Waals surface area contributed by atoms with Gasteiger partial charge in [0.1, 0.15) is 17.8 Å². The summed E-state index contributed by atoms with van der Waals surface area (Å²) in [5, 5.41) is 4.31. The first kappa shape index (κ1) is 21.5. The molecule has 0 radical (unpaired) electrons. The SMILES string of the molecule is COc1ncc(-c2ccc3ncnc(NC(C)c4ccccc4)c3c2)cc1NS(C)(=O)=O. The van der Waals surface area contributed by atoms with Crippen molar-refractivity contribution in [1.82, 2.24) is 15.0 Å². The molecule has 0 aliphatic rings. The Morgan fingerprint density at radius 3 is 2.47 bits per heavy atom. The van der Waals surface area contributed by atoms with Gasteiger partial charge in [-0.05, 0) is 36.2 Å². The van der Waals surface area contributed by atoms with E-state index in [1.807, 2.05) is 36.4 Å². The van der Waals surface area contributed by atoms with E-state index < -0.39 is 10.0 Å². The molecule has 9 heteroatoms. The number of nitrogens with one attached hydrogen (secondary N) is 2. The van der Waals surface area contributed by atoms with Gasteiger partial charge in [-0.15, -0.1) is 0 Å². The molecule has 164 valence electrons. The topological polar surface area (TPSA) is 106 Å². The van der Waals surface area contributed by atoms with Crippen LogP contribution in [0.15, 0.2) is 67.1 Å². The largest absolute Gasteiger partial charge is 0.480 e. The van der Waals surface area contributed by atoms with Crippen LogP contribution in [0, 0.1) is 0 Å². The van der Waals surface area contributed by atoms with Crippen molar-refractivity contribution in [3.8, 4) is 17.0 Å². The highest BCUT2D eigenvalue weighted by Gasteiger charge is 2.14. The van der Waals surface area contributed by atoms with Gasteiger partial charge in [0.2, 0.25) is 15.9 Å². The van der Waals surface area contributed by atoms with Crippen molar-refractivity contribution in [2.45, 2.75) is 13.0 Å². The fraction of sp³-hybridized carbons (Fsp3) is 0.174. The van der Waals surface area contributed by atoms with E-state index in [1.54, 1.807) is 12.3 Å². The second-order valence-electron chi connectivity index (χ2n) is 7.39. The summed E-state index contributed by atoms with van der Waals surface area (Å²) in [5.41, 5.74) is 3.78. The molecule has 1 atom stereocenters. The van der Waals surface area contributed by atoms with Gasteiger partial charge in [-0.2, -0.15) is 0 Å². The lowest BCUT2D eigenvalue weighted by Gasteiger charge is -2.16. The second kappa shape index (κ2) is 8.80. The van der Waals surface area contributed by atoms with Crippen molar-refractivity contribution in [3.05, 3.63) is 72.7 Å². The first-order valence-electron chi connectivity index (χ1n) is 9.92. The Labute approximate surface area is 186 Å². The number of benzene rings is 2. The minimum Gasteiger partial charge on any atom is -0.480 e. The number of fused-ring (bicyclic) bond motifs is 1. The van der Waals surface area contributed by atoms with E-state index in [9.17, 15) is 8.42 Å². The van der Waals surface area contributed by atoms with Gasteiger partial charge in [0.15, 0.2) is 0 Å². The Morgan fingerprint density at radius 1 is 0.969 bits per heavy atom. The van der Waals surface area contributed by atoms with Gasteiger partial charge in [0.25, 0.3) is 0 Å². The molecular weight excluding hydrogens is 426 g/mol. The summed E-state index contributed by atoms with van der Waals surface area (Å²) in [4.78, 5) is 13.1. The number of ether oxygens (including phenoxy) is 1. The van der Waals surface area contributed by atoms with Gasteiger partial charge < -0.3 is 10.1 Å². The number of anilines is 2. The molecular formula is C23H23N5O3S. The van der Waals surface area contributed by atoms with E-state index in [1.165, 1.54) is 13.4 Å². The number of methoxy groups -OCH3 is 1. The zero-order chi connectivity index (χ0) is 22.7. The molecule has 0 bridgehead atoms. The fourth-order valence-electron chi connectivity index (χ4n) is 3.43. The van der Waals surface area contributed by atoms with E-state index in [0.717, 1.165) is 33.8 Å². The number of nitrogens with zero attached hydrogens (tertiary/aromatic N) is 3. The Hall–Kier alpha value is -3.72. The third-order valence-corrected chi connectivity index (χ3v) is 5.55. The lowest BCUT2D eigenvalue weighted by molar-refractivity contribution is 0.400. The fourth-order valence-corrected chi connectivity index (χ4v) is 3.97. The Morgan fingerprint density at radius 2 is 1.75 bits per heavy atom. The van der Waals surface area contributed by atoms with Crippen LogP contribution in [0.4, 0.5) is 11.5 Å². The normalized spacial score (nSPS) is 12.3. The monoisotopic (exact) mass is 449 g/mol. The predicted molar refractivity (Wildman–Crippen MR) is 126 cm³/mol. The molecule has 0 spiro atoms. The predicted octanol–water partition coefficient (Wildman–Crippen LogP) is 4.25. The molecule has 0 aliphatic heterocycles. The van der Waals surface area contributed by atoms with Gasteiger partial charge in [-0.3, -0.25) is 4.72 Å². The first-order chi connectivity index (χ1) is 15.3. The number of rotatable bonds is 7. The number of pyridine rings is 1. The van der Waals surface area contributed by atoms with Crippen LogP contribution < -0.4 is 14.8 Å². The van der Waals surface area contributed by atoms with E-state index in [-0.39, 0.29) is 17.6 Å². The van der Waals surface area contributed by atoms with Crippen molar-refractivity contribution in [1.29, 1.82) is 0 Å². The van der Waals surface area contributed by atoms with Crippen LogP contribution in [0.1, 0.15) is 18.5 Å². The highest BCUT2D eigenvalue weighted by Crippen LogP contribution is 2.32. The van der Waals surface area contributed by atoms with Crippen LogP contribution >= 0.6 is 0 Å². The van der Waals surface area contributed by atoms with Gasteiger partial charge in [-0.25, -0.2) is 23.4 Å². The molecule has 2 aromatic carbocycles. The highest BCUT2D eigenvalue weighted by molar-refractivity contribution is 7.92. The molecule has 0 aliphatic carbocycles. The third kappa shape index (κ3) is 4.78. The molecule has 1 unspecified atom stereocenters. The Kier molecular flexibility index (Phi) is 5.91. The lowest BCUT2D eigenvalue weighted by Crippen LogP contribution is -2.11. The van der Waals surface area contributed by atoms with Crippen LogP contribution in [-0.2, 0) is 10.0 Å². The van der Waals surface area contributed by atoms with E-state index in [0.29, 0.717) is 5.82 Å². The molecule has 2 heterocycles. The van der Waals surface area contributed by atoms with Crippen LogP contribution in [0.2, 0.25) is 0 Å². The minimum atomic E-state index is -3.49. The van der Waals surface area contributed by atoms with Gasteiger partial charge >= 0.3 is 0 Å². The molecule has 4 rings (SSSR count). The summed E-state index contributed by atoms with van der Waals surface area (Å²) in [6.45, 7) is 2.07. The Balaban J connectivity index is 1.74. The average molecular weight is 450 g/mol. The maximum absolute atomic E-state index is 11.7. The zero-order valence-corrected chi connectivity index (χ0v) is 18.7. The molecule has 0 saturated heterocycles.